The summed E-state index contributed by atoms with van der Waals surface area (Å²) in [5.41, 5.74) is 10.2. The van der Waals surface area contributed by atoms with Crippen LogP contribution < -0.4 is 5.73 Å². The zero-order valence-corrected chi connectivity index (χ0v) is 22.2. The molecule has 2 aliphatic rings. The molecule has 4 heterocycles. The summed E-state index contributed by atoms with van der Waals surface area (Å²) in [6.45, 7) is 8.66. The van der Waals surface area contributed by atoms with Gasteiger partial charge in [0, 0.05) is 55.3 Å². The molecule has 2 saturated heterocycles. The van der Waals surface area contributed by atoms with Crippen molar-refractivity contribution in [2.24, 2.45) is 5.92 Å². The van der Waals surface area contributed by atoms with E-state index < -0.39 is 0 Å². The molecule has 0 unspecified atom stereocenters. The first-order valence-corrected chi connectivity index (χ1v) is 14.2. The number of nitrogen functional groups attached to an aromatic ring is 1. The Bertz CT molecular complexity index is 1180. The summed E-state index contributed by atoms with van der Waals surface area (Å²) >= 11 is 1.86. The van der Waals surface area contributed by atoms with E-state index in [0.717, 1.165) is 86.8 Å². The summed E-state index contributed by atoms with van der Waals surface area (Å²) in [6.07, 6.45) is 8.52. The number of aromatic nitrogens is 4. The second kappa shape index (κ2) is 11.2. The number of amides is 1. The van der Waals surface area contributed by atoms with Crippen LogP contribution in [-0.4, -0.2) is 67.2 Å². The number of benzene rings is 1. The Kier molecular flexibility index (Phi) is 7.76. The number of aryl methyl sites for hydroxylation is 1. The van der Waals surface area contributed by atoms with Gasteiger partial charge in [-0.15, -0.1) is 0 Å². The van der Waals surface area contributed by atoms with Crippen molar-refractivity contribution in [3.8, 4) is 0 Å². The number of imidazole rings is 1. The van der Waals surface area contributed by atoms with Crippen molar-refractivity contribution in [1.29, 1.82) is 0 Å². The molecule has 1 amide bonds. The number of thioether (sulfide) groups is 1. The van der Waals surface area contributed by atoms with Crippen LogP contribution in [0.25, 0.3) is 11.0 Å². The highest BCUT2D eigenvalue weighted by atomic mass is 32.2. The van der Waals surface area contributed by atoms with Gasteiger partial charge in [-0.1, -0.05) is 24.8 Å². The van der Waals surface area contributed by atoms with E-state index in [-0.39, 0.29) is 5.92 Å². The second-order valence-corrected chi connectivity index (χ2v) is 11.2. The smallest absolute Gasteiger partial charge is 0.225 e. The molecule has 0 atom stereocenters. The summed E-state index contributed by atoms with van der Waals surface area (Å²) in [7, 11) is 0. The van der Waals surface area contributed by atoms with E-state index in [1.165, 1.54) is 11.1 Å². The molecule has 192 valence electrons. The molecule has 3 aromatic rings. The van der Waals surface area contributed by atoms with E-state index in [2.05, 4.69) is 56.4 Å². The fraction of sp³-hybridized carbons (Fsp3) is 0.556. The van der Waals surface area contributed by atoms with Gasteiger partial charge in [0.25, 0.3) is 0 Å². The van der Waals surface area contributed by atoms with Crippen molar-refractivity contribution < 1.29 is 4.79 Å². The number of hydrogen-bond acceptors (Lipinski definition) is 7. The van der Waals surface area contributed by atoms with Crippen LogP contribution >= 0.6 is 11.8 Å². The molecule has 9 heteroatoms. The van der Waals surface area contributed by atoms with Gasteiger partial charge in [0.2, 0.25) is 11.9 Å². The van der Waals surface area contributed by atoms with Gasteiger partial charge < -0.3 is 15.2 Å². The summed E-state index contributed by atoms with van der Waals surface area (Å²) in [5, 5.41) is 1.13. The largest absolute Gasteiger partial charge is 0.368 e. The van der Waals surface area contributed by atoms with Gasteiger partial charge in [-0.25, -0.2) is 15.0 Å². The summed E-state index contributed by atoms with van der Waals surface area (Å²) < 4.78 is 2.45. The van der Waals surface area contributed by atoms with Gasteiger partial charge in [-0.3, -0.25) is 9.69 Å². The van der Waals surface area contributed by atoms with Crippen LogP contribution in [0.3, 0.4) is 0 Å². The molecule has 0 bridgehead atoms. The maximum atomic E-state index is 13.4. The third-order valence-corrected chi connectivity index (χ3v) is 8.62. The third kappa shape index (κ3) is 5.52. The van der Waals surface area contributed by atoms with Gasteiger partial charge in [-0.2, -0.15) is 0 Å². The lowest BCUT2D eigenvalue weighted by Crippen LogP contribution is -2.45. The summed E-state index contributed by atoms with van der Waals surface area (Å²) in [5.74, 6) is 1.85. The number of rotatable bonds is 7. The minimum atomic E-state index is 0.133. The highest BCUT2D eigenvalue weighted by Gasteiger charge is 2.32. The quantitative estimate of drug-likeness (QED) is 0.477. The molecule has 8 nitrogen and oxygen atoms in total. The second-order valence-electron chi connectivity index (χ2n) is 10.2. The van der Waals surface area contributed by atoms with E-state index in [1.54, 1.807) is 12.4 Å². The molecule has 36 heavy (non-hydrogen) atoms. The zero-order chi connectivity index (χ0) is 25.1. The summed E-state index contributed by atoms with van der Waals surface area (Å²) in [6, 6.07) is 6.98. The van der Waals surface area contributed by atoms with Crippen molar-refractivity contribution in [2.45, 2.75) is 63.7 Å². The molecule has 5 rings (SSSR count). The lowest BCUT2D eigenvalue weighted by molar-refractivity contribution is -0.138. The van der Waals surface area contributed by atoms with Gasteiger partial charge in [0.05, 0.1) is 11.0 Å². The molecule has 2 N–H and O–H groups in total. The highest BCUT2D eigenvalue weighted by molar-refractivity contribution is 7.99. The van der Waals surface area contributed by atoms with Gasteiger partial charge >= 0.3 is 0 Å². The van der Waals surface area contributed by atoms with Gasteiger partial charge in [0.15, 0.2) is 5.16 Å². The molecular weight excluding hydrogens is 470 g/mol. The van der Waals surface area contributed by atoms with Crippen LogP contribution in [0.15, 0.2) is 35.7 Å². The number of hydrogen-bond donors (Lipinski definition) is 1. The number of piperidine rings is 2. The van der Waals surface area contributed by atoms with E-state index >= 15 is 0 Å². The zero-order valence-electron chi connectivity index (χ0n) is 21.4. The Morgan fingerprint density at radius 2 is 1.81 bits per heavy atom. The predicted octanol–water partition coefficient (Wildman–Crippen LogP) is 4.29. The number of fused-ring (bicyclic) bond motifs is 1. The first-order chi connectivity index (χ1) is 17.5. The number of anilines is 1. The number of nitrogens with two attached hydrogens (primary N) is 1. The summed E-state index contributed by atoms with van der Waals surface area (Å²) in [4.78, 5) is 31.0. The Labute approximate surface area is 217 Å². The molecule has 0 saturated carbocycles. The fourth-order valence-corrected chi connectivity index (χ4v) is 6.42. The van der Waals surface area contributed by atoms with E-state index in [4.69, 9.17) is 10.7 Å². The average Bonchev–Trinajstić information content (AvgIpc) is 3.26. The Balaban J connectivity index is 1.17. The molecular formula is C27H37N7OS. The minimum Gasteiger partial charge on any atom is -0.368 e. The normalized spacial score (nSPS) is 18.2. The van der Waals surface area contributed by atoms with Crippen molar-refractivity contribution in [2.75, 3.05) is 37.7 Å². The first-order valence-electron chi connectivity index (χ1n) is 13.2. The monoisotopic (exact) mass is 507 g/mol. The van der Waals surface area contributed by atoms with E-state index in [9.17, 15) is 4.79 Å². The van der Waals surface area contributed by atoms with E-state index in [1.807, 2.05) is 11.8 Å². The van der Waals surface area contributed by atoms with Crippen molar-refractivity contribution in [3.05, 3.63) is 41.7 Å². The standard InChI is InChI=1S/C27H37N7OS/c1-3-14-36-27-31-23-15-19(2)4-5-24(23)34(27)22-8-12-33(13-9-22)25(35)21-6-10-32(11-7-21)18-20-16-29-26(28)30-17-20/h4-5,15-17,21-22H,3,6-14,18H2,1-2H3,(H2,28,29,30). The Morgan fingerprint density at radius 3 is 2.50 bits per heavy atom. The van der Waals surface area contributed by atoms with Crippen molar-refractivity contribution in [3.63, 3.8) is 0 Å². The van der Waals surface area contributed by atoms with Crippen LogP contribution in [-0.2, 0) is 11.3 Å². The first kappa shape index (κ1) is 25.0. The van der Waals surface area contributed by atoms with Crippen LogP contribution in [0.5, 0.6) is 0 Å². The van der Waals surface area contributed by atoms with E-state index in [0.29, 0.717) is 17.9 Å². The number of nitrogens with zero attached hydrogens (tertiary/aromatic N) is 6. The fourth-order valence-electron chi connectivity index (χ4n) is 5.48. The number of carbonyl (C=O) groups is 1. The lowest BCUT2D eigenvalue weighted by atomic mass is 9.93. The van der Waals surface area contributed by atoms with Crippen molar-refractivity contribution in [1.82, 2.24) is 29.3 Å². The SMILES string of the molecule is CCCSc1nc2cc(C)ccc2n1C1CCN(C(=O)C2CCN(Cc3cnc(N)nc3)CC2)CC1. The Hall–Kier alpha value is -2.65. The highest BCUT2D eigenvalue weighted by Crippen LogP contribution is 2.34. The molecule has 0 radical (unpaired) electrons. The van der Waals surface area contributed by atoms with Crippen LogP contribution in [0.1, 0.15) is 56.2 Å². The molecule has 0 spiro atoms. The topological polar surface area (TPSA) is 93.2 Å². The maximum absolute atomic E-state index is 13.4. The Morgan fingerprint density at radius 1 is 1.08 bits per heavy atom. The molecule has 2 aromatic heterocycles. The molecule has 2 fully saturated rings. The van der Waals surface area contributed by atoms with Crippen LogP contribution in [0.4, 0.5) is 5.95 Å². The maximum Gasteiger partial charge on any atom is 0.225 e. The number of carbonyl (C=O) groups excluding carboxylic acids is 1. The minimum absolute atomic E-state index is 0.133. The number of likely N-dealkylation sites (tertiary alicyclic amines) is 2. The molecule has 2 aliphatic heterocycles. The molecule has 1 aromatic carbocycles. The van der Waals surface area contributed by atoms with Crippen molar-refractivity contribution >= 4 is 34.7 Å². The van der Waals surface area contributed by atoms with Gasteiger partial charge in [0.1, 0.15) is 0 Å². The third-order valence-electron chi connectivity index (χ3n) is 7.46. The van der Waals surface area contributed by atoms with Crippen LogP contribution in [0.2, 0.25) is 0 Å². The lowest BCUT2D eigenvalue weighted by Gasteiger charge is -2.38. The average molecular weight is 508 g/mol. The predicted molar refractivity (Wildman–Crippen MR) is 145 cm³/mol. The molecule has 0 aliphatic carbocycles. The van der Waals surface area contributed by atoms with Gasteiger partial charge in [-0.05, 0) is 69.8 Å². The van der Waals surface area contributed by atoms with Crippen LogP contribution in [0, 0.1) is 12.8 Å².